The van der Waals surface area contributed by atoms with Crippen LogP contribution in [0.25, 0.3) is 100 Å². The molecule has 0 saturated carbocycles. The Labute approximate surface area is 306 Å². The molecule has 0 N–H and O–H groups in total. The van der Waals surface area contributed by atoms with E-state index in [-0.39, 0.29) is 0 Å². The molecular formula is C49H31N3O. The van der Waals surface area contributed by atoms with Gasteiger partial charge in [-0.3, -0.25) is 0 Å². The van der Waals surface area contributed by atoms with Crippen LogP contribution in [0.1, 0.15) is 0 Å². The SMILES string of the molecule is c1ccc(-c2nc(-c3ccc(-c4ccccc4-c4ccccc4-c4ccccc4)c4ccccc34)nc(-c3cccc4c3oc3ccccc34)n2)cc1. The number of benzene rings is 8. The number of hydrogen-bond acceptors (Lipinski definition) is 4. The van der Waals surface area contributed by atoms with Crippen molar-refractivity contribution in [1.82, 2.24) is 15.0 Å². The third-order valence-corrected chi connectivity index (χ3v) is 10.00. The Kier molecular flexibility index (Phi) is 7.43. The summed E-state index contributed by atoms with van der Waals surface area (Å²) in [5, 5.41) is 4.28. The zero-order valence-corrected chi connectivity index (χ0v) is 28.6. The van der Waals surface area contributed by atoms with Crippen LogP contribution in [0.5, 0.6) is 0 Å². The van der Waals surface area contributed by atoms with Gasteiger partial charge in [-0.25, -0.2) is 15.0 Å². The van der Waals surface area contributed by atoms with Crippen LogP contribution in [0, 0.1) is 0 Å². The predicted molar refractivity (Wildman–Crippen MR) is 217 cm³/mol. The third kappa shape index (κ3) is 5.36. The van der Waals surface area contributed by atoms with Crippen LogP contribution in [-0.2, 0) is 0 Å². The van der Waals surface area contributed by atoms with Crippen LogP contribution in [0.4, 0.5) is 0 Å². The molecule has 10 aromatic rings. The van der Waals surface area contributed by atoms with Crippen molar-refractivity contribution in [3.05, 3.63) is 188 Å². The topological polar surface area (TPSA) is 51.8 Å². The largest absolute Gasteiger partial charge is 0.455 e. The molecule has 8 aromatic carbocycles. The van der Waals surface area contributed by atoms with E-state index >= 15 is 0 Å². The monoisotopic (exact) mass is 677 g/mol. The summed E-state index contributed by atoms with van der Waals surface area (Å²) in [4.78, 5) is 15.4. The first-order chi connectivity index (χ1) is 26.3. The van der Waals surface area contributed by atoms with Gasteiger partial charge in [0.15, 0.2) is 17.5 Å². The standard InChI is InChI=1S/C49H31N3O/c1-3-16-32(17-4-1)34-20-7-8-21-35(34)36-22-9-10-23-37(36)40-30-31-43(39-25-12-11-24-38(39)40)48-50-47(33-18-5-2-6-19-33)51-49(52-48)44-28-15-27-42-41-26-13-14-29-45(41)53-46(42)44/h1-31H. The minimum atomic E-state index is 0.564. The quantitative estimate of drug-likeness (QED) is 0.176. The molecule has 0 atom stereocenters. The van der Waals surface area contributed by atoms with Crippen molar-refractivity contribution in [3.63, 3.8) is 0 Å². The van der Waals surface area contributed by atoms with E-state index in [9.17, 15) is 0 Å². The van der Waals surface area contributed by atoms with Gasteiger partial charge in [-0.15, -0.1) is 0 Å². The summed E-state index contributed by atoms with van der Waals surface area (Å²) in [6, 6.07) is 65.3. The summed E-state index contributed by atoms with van der Waals surface area (Å²) in [6.45, 7) is 0. The van der Waals surface area contributed by atoms with Gasteiger partial charge in [0.05, 0.1) is 5.56 Å². The zero-order valence-electron chi connectivity index (χ0n) is 28.6. The minimum Gasteiger partial charge on any atom is -0.455 e. The summed E-state index contributed by atoms with van der Waals surface area (Å²) in [7, 11) is 0. The molecule has 2 heterocycles. The van der Waals surface area contributed by atoms with E-state index in [1.165, 1.54) is 22.3 Å². The van der Waals surface area contributed by atoms with E-state index < -0.39 is 0 Å². The van der Waals surface area contributed by atoms with Gasteiger partial charge in [-0.05, 0) is 62.4 Å². The highest BCUT2D eigenvalue weighted by atomic mass is 16.3. The lowest BCUT2D eigenvalue weighted by molar-refractivity contribution is 0.669. The van der Waals surface area contributed by atoms with Gasteiger partial charge in [-0.2, -0.15) is 0 Å². The molecule has 0 fully saturated rings. The van der Waals surface area contributed by atoms with Gasteiger partial charge in [0.1, 0.15) is 11.2 Å². The molecule has 0 aliphatic heterocycles. The Morgan fingerprint density at radius 1 is 0.264 bits per heavy atom. The van der Waals surface area contributed by atoms with Crippen LogP contribution in [0.2, 0.25) is 0 Å². The summed E-state index contributed by atoms with van der Waals surface area (Å²) < 4.78 is 6.45. The van der Waals surface area contributed by atoms with Gasteiger partial charge in [0.2, 0.25) is 0 Å². The predicted octanol–water partition coefficient (Wildman–Crippen LogP) is 12.9. The number of para-hydroxylation sites is 2. The number of aromatic nitrogens is 3. The smallest absolute Gasteiger partial charge is 0.167 e. The molecule has 0 spiro atoms. The molecule has 0 unspecified atom stereocenters. The van der Waals surface area contributed by atoms with Crippen molar-refractivity contribution < 1.29 is 4.42 Å². The summed E-state index contributed by atoms with van der Waals surface area (Å²) in [6.07, 6.45) is 0. The average molecular weight is 678 g/mol. The summed E-state index contributed by atoms with van der Waals surface area (Å²) in [5.74, 6) is 1.77. The van der Waals surface area contributed by atoms with Gasteiger partial charge >= 0.3 is 0 Å². The van der Waals surface area contributed by atoms with Crippen LogP contribution < -0.4 is 0 Å². The molecule has 248 valence electrons. The summed E-state index contributed by atoms with van der Waals surface area (Å²) in [5.41, 5.74) is 11.3. The lowest BCUT2D eigenvalue weighted by Crippen LogP contribution is -2.01. The fourth-order valence-electron chi connectivity index (χ4n) is 7.53. The molecule has 53 heavy (non-hydrogen) atoms. The highest BCUT2D eigenvalue weighted by Gasteiger charge is 2.20. The van der Waals surface area contributed by atoms with Gasteiger partial charge < -0.3 is 4.42 Å². The fourth-order valence-corrected chi connectivity index (χ4v) is 7.53. The van der Waals surface area contributed by atoms with Crippen molar-refractivity contribution >= 4 is 32.7 Å². The Morgan fingerprint density at radius 2 is 0.717 bits per heavy atom. The van der Waals surface area contributed by atoms with Crippen molar-refractivity contribution in [1.29, 1.82) is 0 Å². The van der Waals surface area contributed by atoms with Gasteiger partial charge in [0.25, 0.3) is 0 Å². The van der Waals surface area contributed by atoms with Gasteiger partial charge in [0, 0.05) is 21.9 Å². The van der Waals surface area contributed by atoms with Crippen molar-refractivity contribution in [2.45, 2.75) is 0 Å². The number of rotatable bonds is 6. The molecule has 0 radical (unpaired) electrons. The molecule has 2 aromatic heterocycles. The Bertz CT molecular complexity index is 2950. The van der Waals surface area contributed by atoms with E-state index in [0.29, 0.717) is 17.5 Å². The summed E-state index contributed by atoms with van der Waals surface area (Å²) >= 11 is 0. The molecule has 0 saturated heterocycles. The fraction of sp³-hybridized carbons (Fsp3) is 0. The minimum absolute atomic E-state index is 0.564. The van der Waals surface area contributed by atoms with Crippen LogP contribution in [0.15, 0.2) is 192 Å². The maximum atomic E-state index is 6.45. The molecule has 0 aliphatic rings. The number of furan rings is 1. The van der Waals surface area contributed by atoms with E-state index in [2.05, 4.69) is 127 Å². The zero-order chi connectivity index (χ0) is 35.1. The van der Waals surface area contributed by atoms with Crippen LogP contribution in [-0.4, -0.2) is 15.0 Å². The second kappa shape index (κ2) is 12.9. The normalized spacial score (nSPS) is 11.4. The van der Waals surface area contributed by atoms with E-state index in [1.807, 2.05) is 60.7 Å². The number of hydrogen-bond donors (Lipinski definition) is 0. The molecule has 4 nitrogen and oxygen atoms in total. The molecule has 10 rings (SSSR count). The lowest BCUT2D eigenvalue weighted by atomic mass is 9.87. The highest BCUT2D eigenvalue weighted by Crippen LogP contribution is 2.42. The Morgan fingerprint density at radius 3 is 1.43 bits per heavy atom. The third-order valence-electron chi connectivity index (χ3n) is 10.00. The first kappa shape index (κ1) is 30.6. The van der Waals surface area contributed by atoms with Crippen LogP contribution >= 0.6 is 0 Å². The maximum absolute atomic E-state index is 6.45. The van der Waals surface area contributed by atoms with E-state index in [0.717, 1.165) is 60.5 Å². The molecular weight excluding hydrogens is 647 g/mol. The Hall–Kier alpha value is -7.17. The van der Waals surface area contributed by atoms with Crippen molar-refractivity contribution in [2.75, 3.05) is 0 Å². The van der Waals surface area contributed by atoms with Crippen molar-refractivity contribution in [2.24, 2.45) is 0 Å². The van der Waals surface area contributed by atoms with E-state index in [4.69, 9.17) is 19.4 Å². The van der Waals surface area contributed by atoms with Gasteiger partial charge in [-0.1, -0.05) is 170 Å². The maximum Gasteiger partial charge on any atom is 0.167 e. The second-order valence-electron chi connectivity index (χ2n) is 13.1. The number of fused-ring (bicyclic) bond motifs is 4. The van der Waals surface area contributed by atoms with Crippen molar-refractivity contribution in [3.8, 4) is 67.5 Å². The average Bonchev–Trinajstić information content (AvgIpc) is 3.63. The molecule has 0 amide bonds. The number of nitrogens with zero attached hydrogens (tertiary/aromatic N) is 3. The van der Waals surface area contributed by atoms with E-state index in [1.54, 1.807) is 0 Å². The first-order valence-corrected chi connectivity index (χ1v) is 17.8. The molecule has 0 bridgehead atoms. The molecule has 0 aliphatic carbocycles. The second-order valence-corrected chi connectivity index (χ2v) is 13.1. The Balaban J connectivity index is 1.18. The highest BCUT2D eigenvalue weighted by molar-refractivity contribution is 6.10. The first-order valence-electron chi connectivity index (χ1n) is 17.8. The molecule has 4 heteroatoms. The van der Waals surface area contributed by atoms with Crippen LogP contribution in [0.3, 0.4) is 0 Å². The lowest BCUT2D eigenvalue weighted by Gasteiger charge is -2.17.